The highest BCUT2D eigenvalue weighted by Crippen LogP contribution is 2.39. The molecule has 0 unspecified atom stereocenters. The van der Waals surface area contributed by atoms with Crippen LogP contribution in [0.25, 0.3) is 0 Å². The second-order valence-electron chi connectivity index (χ2n) is 5.08. The number of alkyl halides is 3. The monoisotopic (exact) mass is 332 g/mol. The van der Waals surface area contributed by atoms with Crippen molar-refractivity contribution in [2.45, 2.75) is 33.4 Å². The van der Waals surface area contributed by atoms with Gasteiger partial charge in [-0.3, -0.25) is 4.79 Å². The lowest BCUT2D eigenvalue weighted by Gasteiger charge is -2.21. The Morgan fingerprint density at radius 2 is 1.36 bits per heavy atom. The standard InChI is InChI=1S/C13H11F7O2/c1-4-12(2,3)11(21)22-10-8(16)6(14)5(13(18,19)20)7(15)9(10)17/h4H2,1-3H3. The zero-order valence-corrected chi connectivity index (χ0v) is 11.7. The van der Waals surface area contributed by atoms with Crippen LogP contribution in [-0.2, 0) is 11.0 Å². The average molecular weight is 332 g/mol. The molecule has 0 aliphatic heterocycles. The topological polar surface area (TPSA) is 26.3 Å². The van der Waals surface area contributed by atoms with Gasteiger partial charge in [0.25, 0.3) is 0 Å². The molecule has 0 saturated carbocycles. The van der Waals surface area contributed by atoms with E-state index in [1.807, 2.05) is 0 Å². The summed E-state index contributed by atoms with van der Waals surface area (Å²) in [6.45, 7) is 4.17. The lowest BCUT2D eigenvalue weighted by Crippen LogP contribution is -2.29. The van der Waals surface area contributed by atoms with Crippen molar-refractivity contribution in [3.8, 4) is 5.75 Å². The molecule has 0 spiro atoms. The summed E-state index contributed by atoms with van der Waals surface area (Å²) in [7, 11) is 0. The van der Waals surface area contributed by atoms with Crippen LogP contribution >= 0.6 is 0 Å². The molecule has 0 radical (unpaired) electrons. The first-order valence-corrected chi connectivity index (χ1v) is 6.00. The van der Waals surface area contributed by atoms with E-state index in [4.69, 9.17) is 0 Å². The maximum atomic E-state index is 13.5. The van der Waals surface area contributed by atoms with Gasteiger partial charge in [-0.1, -0.05) is 6.92 Å². The summed E-state index contributed by atoms with van der Waals surface area (Å²) in [6, 6.07) is 0. The Labute approximate surface area is 120 Å². The number of rotatable bonds is 3. The maximum absolute atomic E-state index is 13.5. The van der Waals surface area contributed by atoms with Gasteiger partial charge in [0.05, 0.1) is 5.41 Å². The first-order valence-electron chi connectivity index (χ1n) is 6.00. The van der Waals surface area contributed by atoms with E-state index in [0.717, 1.165) is 0 Å². The van der Waals surface area contributed by atoms with Gasteiger partial charge in [-0.05, 0) is 20.3 Å². The van der Waals surface area contributed by atoms with Crippen molar-refractivity contribution in [3.05, 3.63) is 28.8 Å². The van der Waals surface area contributed by atoms with E-state index in [1.165, 1.54) is 20.8 Å². The van der Waals surface area contributed by atoms with Crippen LogP contribution in [0.4, 0.5) is 30.7 Å². The van der Waals surface area contributed by atoms with E-state index in [9.17, 15) is 35.5 Å². The minimum absolute atomic E-state index is 0.153. The van der Waals surface area contributed by atoms with E-state index in [-0.39, 0.29) is 6.42 Å². The van der Waals surface area contributed by atoms with Crippen molar-refractivity contribution < 1.29 is 40.3 Å². The minimum Gasteiger partial charge on any atom is -0.420 e. The van der Waals surface area contributed by atoms with E-state index in [0.29, 0.717) is 0 Å². The molecule has 0 atom stereocenters. The average Bonchev–Trinajstić information content (AvgIpc) is 2.39. The number of ether oxygens (including phenoxy) is 1. The molecule has 0 aliphatic carbocycles. The number of hydrogen-bond acceptors (Lipinski definition) is 2. The smallest absolute Gasteiger partial charge is 0.420 e. The molecule has 0 aromatic heterocycles. The third kappa shape index (κ3) is 3.17. The summed E-state index contributed by atoms with van der Waals surface area (Å²) < 4.78 is 95.1. The summed E-state index contributed by atoms with van der Waals surface area (Å²) in [5.41, 5.74) is -3.98. The van der Waals surface area contributed by atoms with Crippen molar-refractivity contribution >= 4 is 5.97 Å². The zero-order valence-electron chi connectivity index (χ0n) is 11.7. The molecule has 1 rings (SSSR count). The Hall–Kier alpha value is -1.80. The Bertz CT molecular complexity index is 576. The van der Waals surface area contributed by atoms with Gasteiger partial charge in [-0.15, -0.1) is 0 Å². The summed E-state index contributed by atoms with van der Waals surface area (Å²) >= 11 is 0. The van der Waals surface area contributed by atoms with Gasteiger partial charge in [0.2, 0.25) is 17.4 Å². The zero-order chi connectivity index (χ0) is 17.5. The summed E-state index contributed by atoms with van der Waals surface area (Å²) in [5, 5.41) is 0. The molecule has 22 heavy (non-hydrogen) atoms. The number of carbonyl (C=O) groups is 1. The van der Waals surface area contributed by atoms with Gasteiger partial charge >= 0.3 is 12.1 Å². The molecule has 1 aromatic rings. The highest BCUT2D eigenvalue weighted by Gasteiger charge is 2.43. The fraction of sp³-hybridized carbons (Fsp3) is 0.462. The number of halogens is 7. The predicted molar refractivity (Wildman–Crippen MR) is 61.0 cm³/mol. The van der Waals surface area contributed by atoms with Crippen LogP contribution in [0.3, 0.4) is 0 Å². The first-order chi connectivity index (χ1) is 9.84. The quantitative estimate of drug-likeness (QED) is 0.350. The third-order valence-corrected chi connectivity index (χ3v) is 3.14. The lowest BCUT2D eigenvalue weighted by atomic mass is 9.91. The van der Waals surface area contributed by atoms with Crippen LogP contribution < -0.4 is 4.74 Å². The summed E-state index contributed by atoms with van der Waals surface area (Å²) in [6.07, 6.45) is -5.50. The maximum Gasteiger partial charge on any atom is 0.422 e. The summed E-state index contributed by atoms with van der Waals surface area (Å²) in [4.78, 5) is 11.7. The first kappa shape index (κ1) is 18.2. The Balaban J connectivity index is 3.45. The van der Waals surface area contributed by atoms with E-state index in [2.05, 4.69) is 4.74 Å². The fourth-order valence-electron chi connectivity index (χ4n) is 1.33. The molecule has 0 aliphatic rings. The van der Waals surface area contributed by atoms with E-state index < -0.39 is 52.1 Å². The largest absolute Gasteiger partial charge is 0.422 e. The Kier molecular flexibility index (Phi) is 4.79. The number of hydrogen-bond donors (Lipinski definition) is 0. The van der Waals surface area contributed by atoms with Crippen LogP contribution in [0.15, 0.2) is 0 Å². The van der Waals surface area contributed by atoms with Crippen LogP contribution in [0.2, 0.25) is 0 Å². The van der Waals surface area contributed by atoms with E-state index >= 15 is 0 Å². The SMILES string of the molecule is CCC(C)(C)C(=O)Oc1c(F)c(F)c(C(F)(F)F)c(F)c1F. The number of esters is 1. The van der Waals surface area contributed by atoms with E-state index in [1.54, 1.807) is 0 Å². The molecule has 9 heteroatoms. The number of benzene rings is 1. The highest BCUT2D eigenvalue weighted by molar-refractivity contribution is 5.78. The van der Waals surface area contributed by atoms with Crippen molar-refractivity contribution in [2.24, 2.45) is 5.41 Å². The van der Waals surface area contributed by atoms with Crippen molar-refractivity contribution in [2.75, 3.05) is 0 Å². The fourth-order valence-corrected chi connectivity index (χ4v) is 1.33. The van der Waals surface area contributed by atoms with Crippen molar-refractivity contribution in [1.29, 1.82) is 0 Å². The van der Waals surface area contributed by atoms with Crippen LogP contribution in [0.5, 0.6) is 5.75 Å². The van der Waals surface area contributed by atoms with Crippen LogP contribution in [-0.4, -0.2) is 5.97 Å². The van der Waals surface area contributed by atoms with Gasteiger partial charge in [-0.2, -0.15) is 22.0 Å². The molecule has 1 aromatic carbocycles. The van der Waals surface area contributed by atoms with Gasteiger partial charge in [0.15, 0.2) is 11.6 Å². The van der Waals surface area contributed by atoms with Gasteiger partial charge < -0.3 is 4.74 Å². The Morgan fingerprint density at radius 1 is 0.955 bits per heavy atom. The third-order valence-electron chi connectivity index (χ3n) is 3.14. The molecule has 124 valence electrons. The number of carbonyl (C=O) groups excluding carboxylic acids is 1. The predicted octanol–water partition coefficient (Wildman–Crippen LogP) is 4.60. The Morgan fingerprint density at radius 3 is 1.68 bits per heavy atom. The molecular weight excluding hydrogens is 321 g/mol. The van der Waals surface area contributed by atoms with Crippen LogP contribution in [0, 0.1) is 28.7 Å². The van der Waals surface area contributed by atoms with Crippen molar-refractivity contribution in [3.63, 3.8) is 0 Å². The molecule has 0 amide bonds. The lowest BCUT2D eigenvalue weighted by molar-refractivity contribution is -0.145. The van der Waals surface area contributed by atoms with Crippen molar-refractivity contribution in [1.82, 2.24) is 0 Å². The van der Waals surface area contributed by atoms with Crippen LogP contribution in [0.1, 0.15) is 32.8 Å². The molecule has 2 nitrogen and oxygen atoms in total. The van der Waals surface area contributed by atoms with Gasteiger partial charge in [0.1, 0.15) is 5.56 Å². The molecule has 0 saturated heterocycles. The van der Waals surface area contributed by atoms with Gasteiger partial charge in [-0.25, -0.2) is 8.78 Å². The molecule has 0 bridgehead atoms. The van der Waals surface area contributed by atoms with Gasteiger partial charge in [0, 0.05) is 0 Å². The summed E-state index contributed by atoms with van der Waals surface area (Å²) in [5.74, 6) is -13.3. The molecule has 0 N–H and O–H groups in total. The molecular formula is C13H11F7O2. The highest BCUT2D eigenvalue weighted by atomic mass is 19.4. The molecule has 0 fully saturated rings. The molecule has 0 heterocycles. The second kappa shape index (κ2) is 5.77. The minimum atomic E-state index is -5.65. The second-order valence-corrected chi connectivity index (χ2v) is 5.08. The normalized spacial score (nSPS) is 12.5.